The van der Waals surface area contributed by atoms with Gasteiger partial charge in [-0.3, -0.25) is 9.63 Å². The second-order valence-electron chi connectivity index (χ2n) is 10.7. The normalized spacial score (nSPS) is 17.0. The zero-order valence-corrected chi connectivity index (χ0v) is 25.4. The van der Waals surface area contributed by atoms with Crippen molar-refractivity contribution in [1.29, 1.82) is 0 Å². The topological polar surface area (TPSA) is 95.1 Å². The van der Waals surface area contributed by atoms with Crippen molar-refractivity contribution in [3.63, 3.8) is 0 Å². The van der Waals surface area contributed by atoms with Crippen LogP contribution in [-0.4, -0.2) is 67.7 Å². The monoisotopic (exact) mass is 615 g/mol. The van der Waals surface area contributed by atoms with E-state index in [1.165, 1.54) is 12.4 Å². The van der Waals surface area contributed by atoms with Crippen LogP contribution in [0.1, 0.15) is 18.0 Å². The van der Waals surface area contributed by atoms with Gasteiger partial charge in [0, 0.05) is 44.7 Å². The maximum absolute atomic E-state index is 14.7. The van der Waals surface area contributed by atoms with Crippen LogP contribution in [-0.2, 0) is 9.63 Å². The smallest absolute Gasteiger partial charge is 0.247 e. The molecule has 2 fully saturated rings. The number of nitrogens with one attached hydrogen (secondary N) is 2. The number of methoxy groups -OCH3 is 1. The number of rotatable bonds is 9. The average molecular weight is 616 g/mol. The first-order valence-corrected chi connectivity index (χ1v) is 15.3. The number of aromatic nitrogens is 2. The molecule has 228 valence electrons. The molecule has 6 rings (SSSR count). The highest BCUT2D eigenvalue weighted by atomic mass is 32.1. The molecule has 0 radical (unpaired) electrons. The molecule has 0 bridgehead atoms. The van der Waals surface area contributed by atoms with Gasteiger partial charge >= 0.3 is 0 Å². The number of hydrogen-bond donors (Lipinski definition) is 2. The van der Waals surface area contributed by atoms with Crippen LogP contribution in [0.5, 0.6) is 5.75 Å². The van der Waals surface area contributed by atoms with Crippen LogP contribution < -0.4 is 25.3 Å². The number of thiophene rings is 1. The highest BCUT2D eigenvalue weighted by Gasteiger charge is 2.30. The first-order chi connectivity index (χ1) is 21.4. The summed E-state index contributed by atoms with van der Waals surface area (Å²) in [7, 11) is 3.70. The van der Waals surface area contributed by atoms with Crippen LogP contribution in [0.15, 0.2) is 72.2 Å². The van der Waals surface area contributed by atoms with Gasteiger partial charge in [-0.1, -0.05) is 6.58 Å². The Balaban J connectivity index is 1.29. The van der Waals surface area contributed by atoms with Crippen LogP contribution in [0.2, 0.25) is 0 Å². The molecule has 1 amide bonds. The van der Waals surface area contributed by atoms with Crippen molar-refractivity contribution in [1.82, 2.24) is 14.9 Å². The summed E-state index contributed by atoms with van der Waals surface area (Å²) in [5.74, 6) is 1.00. The van der Waals surface area contributed by atoms with E-state index in [4.69, 9.17) is 9.57 Å². The lowest BCUT2D eigenvalue weighted by atomic mass is 9.99. The summed E-state index contributed by atoms with van der Waals surface area (Å²) in [6.07, 6.45) is 3.37. The third kappa shape index (κ3) is 6.37. The largest absolute Gasteiger partial charge is 0.494 e. The Morgan fingerprint density at radius 3 is 2.70 bits per heavy atom. The lowest BCUT2D eigenvalue weighted by Crippen LogP contribution is -2.44. The van der Waals surface area contributed by atoms with Crippen molar-refractivity contribution < 1.29 is 18.8 Å². The third-order valence-corrected chi connectivity index (χ3v) is 8.49. The van der Waals surface area contributed by atoms with E-state index in [1.807, 2.05) is 35.0 Å². The van der Waals surface area contributed by atoms with Gasteiger partial charge in [0.2, 0.25) is 5.91 Å². The fraction of sp³-hybridized carbons (Fsp3) is 0.281. The first kappa shape index (κ1) is 29.5. The minimum absolute atomic E-state index is 0.232. The van der Waals surface area contributed by atoms with Crippen LogP contribution in [0.3, 0.4) is 0 Å². The molecule has 2 aromatic carbocycles. The maximum atomic E-state index is 14.7. The van der Waals surface area contributed by atoms with Crippen molar-refractivity contribution in [2.75, 3.05) is 67.5 Å². The molecule has 2 aliphatic heterocycles. The Kier molecular flexibility index (Phi) is 8.73. The molecular weight excluding hydrogens is 581 g/mol. The number of hydrogen-bond acceptors (Lipinski definition) is 10. The van der Waals surface area contributed by atoms with Gasteiger partial charge in [0.1, 0.15) is 23.7 Å². The van der Waals surface area contributed by atoms with Gasteiger partial charge in [0.15, 0.2) is 5.82 Å². The second-order valence-corrected chi connectivity index (χ2v) is 11.5. The highest BCUT2D eigenvalue weighted by molar-refractivity contribution is 7.08. The molecule has 0 unspecified atom stereocenters. The van der Waals surface area contributed by atoms with Crippen molar-refractivity contribution in [2.24, 2.45) is 0 Å². The first-order valence-electron chi connectivity index (χ1n) is 14.3. The van der Waals surface area contributed by atoms with E-state index in [2.05, 4.69) is 44.0 Å². The number of carbonyl (C=O) groups is 1. The lowest BCUT2D eigenvalue weighted by molar-refractivity contribution is -0.111. The molecule has 2 N–H and O–H groups in total. The number of benzene rings is 2. The van der Waals surface area contributed by atoms with Crippen LogP contribution in [0.4, 0.5) is 33.1 Å². The standard InChI is InChI=1S/C32H34FN7O3S/c1-4-32(41)37-25-16-26(29(42-3)17-28(25)39-9-7-38(2)8-10-39)36-30-18-31(35-20-34-30)40-27(5-11-43-40)23-13-22(14-24(33)15-23)21-6-12-44-19-21/h4,6,12-20,27H,1,5,7-11H2,2-3H3,(H,37,41)(H,34,35,36)/t27-/m1/s1. The molecule has 0 spiro atoms. The number of ether oxygens (including phenoxy) is 1. The summed E-state index contributed by atoms with van der Waals surface area (Å²) < 4.78 is 20.5. The fourth-order valence-corrected chi connectivity index (χ4v) is 6.17. The Labute approximate surface area is 259 Å². The zero-order chi connectivity index (χ0) is 30.6. The number of hydroxylamine groups is 1. The number of likely N-dealkylation sites (N-methyl/N-ethyl adjacent to an activating group) is 1. The van der Waals surface area contributed by atoms with E-state index < -0.39 is 0 Å². The summed E-state index contributed by atoms with van der Waals surface area (Å²) in [6, 6.07) is 12.4. The maximum Gasteiger partial charge on any atom is 0.247 e. The number of piperazine rings is 1. The highest BCUT2D eigenvalue weighted by Crippen LogP contribution is 2.40. The minimum atomic E-state index is -0.308. The Bertz CT molecular complexity index is 1640. The third-order valence-electron chi connectivity index (χ3n) is 7.81. The summed E-state index contributed by atoms with van der Waals surface area (Å²) in [5, 5.41) is 12.0. The molecule has 44 heavy (non-hydrogen) atoms. The fourth-order valence-electron chi connectivity index (χ4n) is 5.50. The zero-order valence-electron chi connectivity index (χ0n) is 24.6. The van der Waals surface area contributed by atoms with E-state index >= 15 is 0 Å². The molecule has 12 heteroatoms. The van der Waals surface area contributed by atoms with Gasteiger partial charge in [-0.05, 0) is 70.9 Å². The molecule has 0 saturated carbocycles. The second kappa shape index (κ2) is 13.0. The molecular formula is C32H34FN7O3S. The van der Waals surface area contributed by atoms with Crippen molar-refractivity contribution >= 4 is 45.9 Å². The summed E-state index contributed by atoms with van der Waals surface area (Å²) >= 11 is 1.57. The van der Waals surface area contributed by atoms with Gasteiger partial charge in [0.25, 0.3) is 0 Å². The number of carbonyl (C=O) groups excluding carboxylic acids is 1. The predicted molar refractivity (Wildman–Crippen MR) is 172 cm³/mol. The predicted octanol–water partition coefficient (Wildman–Crippen LogP) is 5.86. The van der Waals surface area contributed by atoms with Crippen LogP contribution >= 0.6 is 11.3 Å². The van der Waals surface area contributed by atoms with E-state index in [9.17, 15) is 9.18 Å². The van der Waals surface area contributed by atoms with E-state index in [1.54, 1.807) is 41.7 Å². The molecule has 0 aliphatic carbocycles. The van der Waals surface area contributed by atoms with Gasteiger partial charge in [0.05, 0.1) is 36.8 Å². The van der Waals surface area contributed by atoms with Crippen molar-refractivity contribution in [2.45, 2.75) is 12.5 Å². The van der Waals surface area contributed by atoms with E-state index in [0.717, 1.165) is 48.6 Å². The van der Waals surface area contributed by atoms with E-state index in [-0.39, 0.29) is 17.8 Å². The number of halogens is 1. The molecule has 2 aromatic heterocycles. The molecule has 1 atom stereocenters. The number of anilines is 5. The molecule has 2 aliphatic rings. The van der Waals surface area contributed by atoms with E-state index in [0.29, 0.717) is 41.8 Å². The van der Waals surface area contributed by atoms with Gasteiger partial charge in [-0.2, -0.15) is 11.3 Å². The van der Waals surface area contributed by atoms with Crippen LogP contribution in [0.25, 0.3) is 11.1 Å². The van der Waals surface area contributed by atoms with Gasteiger partial charge in [-0.15, -0.1) is 0 Å². The van der Waals surface area contributed by atoms with Crippen molar-refractivity contribution in [3.8, 4) is 16.9 Å². The van der Waals surface area contributed by atoms with Gasteiger partial charge in [-0.25, -0.2) is 19.4 Å². The van der Waals surface area contributed by atoms with Gasteiger partial charge < -0.3 is 25.2 Å². The summed E-state index contributed by atoms with van der Waals surface area (Å²) in [4.78, 5) is 31.8. The van der Waals surface area contributed by atoms with Crippen LogP contribution in [0, 0.1) is 5.82 Å². The molecule has 4 heterocycles. The Morgan fingerprint density at radius 2 is 1.95 bits per heavy atom. The Morgan fingerprint density at radius 1 is 1.11 bits per heavy atom. The molecule has 10 nitrogen and oxygen atoms in total. The SMILES string of the molecule is C=CC(=O)Nc1cc(Nc2cc(N3OCC[C@@H]3c3cc(F)cc(-c4ccsc4)c3)ncn2)c(OC)cc1N1CCN(C)CC1. The molecule has 2 saturated heterocycles. The average Bonchev–Trinajstić information content (AvgIpc) is 3.75. The Hall–Kier alpha value is -4.52. The lowest BCUT2D eigenvalue weighted by Gasteiger charge is -2.35. The minimum Gasteiger partial charge on any atom is -0.494 e. The summed E-state index contributed by atoms with van der Waals surface area (Å²) in [6.45, 7) is 7.52. The van der Waals surface area contributed by atoms with Crippen molar-refractivity contribution in [3.05, 3.63) is 83.6 Å². The summed E-state index contributed by atoms with van der Waals surface area (Å²) in [5.41, 5.74) is 4.71. The number of nitrogens with zero attached hydrogens (tertiary/aromatic N) is 5. The quantitative estimate of drug-likeness (QED) is 0.225. The number of amides is 1. The molecule has 4 aromatic rings.